The fraction of sp³-hybridized carbons (Fsp3) is 0.618. The number of aryl methyl sites for hydroxylation is 1. The molecule has 2 aliphatic heterocycles. The van der Waals surface area contributed by atoms with Crippen LogP contribution in [0.5, 0.6) is 11.5 Å². The molecule has 6 nitrogen and oxygen atoms in total. The number of benzene rings is 2. The van der Waals surface area contributed by atoms with Crippen molar-refractivity contribution in [1.29, 1.82) is 0 Å². The van der Waals surface area contributed by atoms with Gasteiger partial charge in [-0.1, -0.05) is 42.6 Å². The van der Waals surface area contributed by atoms with Crippen LogP contribution in [0, 0.1) is 5.92 Å². The summed E-state index contributed by atoms with van der Waals surface area (Å²) in [4.78, 5) is 13.6. The minimum absolute atomic E-state index is 0.250. The highest BCUT2D eigenvalue weighted by Gasteiger charge is 2.24. The van der Waals surface area contributed by atoms with Gasteiger partial charge in [-0.2, -0.15) is 0 Å². The van der Waals surface area contributed by atoms with Crippen LogP contribution < -0.4 is 20.1 Å². The van der Waals surface area contributed by atoms with Gasteiger partial charge in [0, 0.05) is 24.8 Å². The third-order valence-electron chi connectivity index (χ3n) is 8.50. The summed E-state index contributed by atoms with van der Waals surface area (Å²) >= 11 is 12.6. The molecule has 1 atom stereocenters. The first-order valence-corrected chi connectivity index (χ1v) is 16.7. The summed E-state index contributed by atoms with van der Waals surface area (Å²) < 4.78 is 11.9. The van der Waals surface area contributed by atoms with Crippen molar-refractivity contribution in [2.24, 2.45) is 11.7 Å². The van der Waals surface area contributed by atoms with E-state index in [9.17, 15) is 0 Å². The zero-order valence-corrected chi connectivity index (χ0v) is 26.8. The van der Waals surface area contributed by atoms with Crippen LogP contribution in [0.3, 0.4) is 0 Å². The molecule has 0 bridgehead atoms. The Morgan fingerprint density at radius 2 is 1.52 bits per heavy atom. The second-order valence-corrected chi connectivity index (χ2v) is 13.0. The van der Waals surface area contributed by atoms with Crippen molar-refractivity contribution in [1.82, 2.24) is 4.90 Å². The fourth-order valence-electron chi connectivity index (χ4n) is 5.99. The summed E-state index contributed by atoms with van der Waals surface area (Å²) in [5.74, 6) is 2.51. The average molecular weight is 619 g/mol. The maximum absolute atomic E-state index is 8.58. The van der Waals surface area contributed by atoms with E-state index in [1.807, 2.05) is 12.1 Å². The molecule has 0 spiro atoms. The summed E-state index contributed by atoms with van der Waals surface area (Å²) in [6.07, 6.45) is 16.0. The Kier molecular flexibility index (Phi) is 13.4. The number of primary amides is 1. The summed E-state index contributed by atoms with van der Waals surface area (Å²) in [5, 5.41) is 1.51. The Balaban J connectivity index is 0.000000177. The molecule has 2 saturated heterocycles. The Hall–Kier alpha value is -2.15. The van der Waals surface area contributed by atoms with Crippen molar-refractivity contribution >= 4 is 35.3 Å². The number of nitrogens with two attached hydrogens (primary N) is 1. The van der Waals surface area contributed by atoms with Crippen molar-refractivity contribution in [3.05, 3.63) is 52.0 Å². The first-order chi connectivity index (χ1) is 20.4. The standard InChI is InChI=1S/C17H24ClNO.C16H22ClNO.CH3NO/c1-13-9-10-19(12-13)14-7-8-16(18)17(11-14)20-15-5-3-2-4-6-15;17-15-12-13(4-3-11-18-9-1-2-10-18)5-8-16(15)19-14-6-7-14;2-1-3/h7-8,11,13,15H,2-6,9-10,12H2,1H3;5,8,12,14H,1-4,6-7,9-11H2;1H,(H2,2,3). The van der Waals surface area contributed by atoms with E-state index in [2.05, 4.69) is 46.7 Å². The minimum atomic E-state index is 0.250. The molecule has 4 aliphatic rings. The molecule has 2 N–H and O–H groups in total. The van der Waals surface area contributed by atoms with E-state index in [1.54, 1.807) is 0 Å². The van der Waals surface area contributed by atoms with Crippen LogP contribution >= 0.6 is 23.2 Å². The molecule has 1 unspecified atom stereocenters. The van der Waals surface area contributed by atoms with Gasteiger partial charge in [0.1, 0.15) is 11.5 Å². The molecule has 2 aromatic carbocycles. The van der Waals surface area contributed by atoms with Crippen molar-refractivity contribution in [3.63, 3.8) is 0 Å². The normalized spacial score (nSPS) is 20.7. The lowest BCUT2D eigenvalue weighted by Crippen LogP contribution is -2.21. The fourth-order valence-corrected chi connectivity index (χ4v) is 6.39. The number of ether oxygens (including phenoxy) is 2. The summed E-state index contributed by atoms with van der Waals surface area (Å²) in [5.41, 5.74) is 6.75. The molecule has 2 saturated carbocycles. The number of carbonyl (C=O) groups is 1. The van der Waals surface area contributed by atoms with Crippen LogP contribution in [-0.4, -0.2) is 56.2 Å². The largest absolute Gasteiger partial charge is 0.489 e. The molecular formula is C34H49Cl2N3O3. The third kappa shape index (κ3) is 10.8. The van der Waals surface area contributed by atoms with E-state index in [4.69, 9.17) is 37.5 Å². The van der Waals surface area contributed by atoms with E-state index < -0.39 is 0 Å². The molecule has 8 heteroatoms. The second-order valence-electron chi connectivity index (χ2n) is 12.2. The van der Waals surface area contributed by atoms with Gasteiger partial charge in [0.2, 0.25) is 6.41 Å². The predicted octanol–water partition coefficient (Wildman–Crippen LogP) is 7.91. The molecule has 4 fully saturated rings. The predicted molar refractivity (Wildman–Crippen MR) is 174 cm³/mol. The van der Waals surface area contributed by atoms with Crippen molar-refractivity contribution in [2.75, 3.05) is 37.6 Å². The van der Waals surface area contributed by atoms with Gasteiger partial charge in [-0.05, 0) is 126 Å². The van der Waals surface area contributed by atoms with Gasteiger partial charge in [-0.15, -0.1) is 0 Å². The number of amides is 1. The summed E-state index contributed by atoms with van der Waals surface area (Å²) in [6, 6.07) is 12.5. The Morgan fingerprint density at radius 1 is 0.833 bits per heavy atom. The van der Waals surface area contributed by atoms with Crippen molar-refractivity contribution < 1.29 is 14.3 Å². The van der Waals surface area contributed by atoms with Crippen LogP contribution in [0.4, 0.5) is 5.69 Å². The monoisotopic (exact) mass is 617 g/mol. The van der Waals surface area contributed by atoms with Crippen LogP contribution in [0.25, 0.3) is 0 Å². The van der Waals surface area contributed by atoms with Crippen LogP contribution in [-0.2, 0) is 11.2 Å². The Morgan fingerprint density at radius 3 is 2.17 bits per heavy atom. The lowest BCUT2D eigenvalue weighted by atomic mass is 9.98. The van der Waals surface area contributed by atoms with Gasteiger partial charge < -0.3 is 25.0 Å². The molecule has 0 aromatic heterocycles. The van der Waals surface area contributed by atoms with Crippen LogP contribution in [0.15, 0.2) is 36.4 Å². The first-order valence-electron chi connectivity index (χ1n) is 16.0. The topological polar surface area (TPSA) is 68.0 Å². The zero-order valence-electron chi connectivity index (χ0n) is 25.2. The third-order valence-corrected chi connectivity index (χ3v) is 9.11. The maximum atomic E-state index is 8.58. The molecule has 2 heterocycles. The van der Waals surface area contributed by atoms with Gasteiger partial charge in [-0.3, -0.25) is 4.79 Å². The van der Waals surface area contributed by atoms with E-state index in [0.29, 0.717) is 12.2 Å². The highest BCUT2D eigenvalue weighted by Crippen LogP contribution is 2.35. The number of likely N-dealkylation sites (tertiary alicyclic amines) is 1. The van der Waals surface area contributed by atoms with Gasteiger partial charge >= 0.3 is 0 Å². The number of anilines is 1. The van der Waals surface area contributed by atoms with E-state index in [-0.39, 0.29) is 6.41 Å². The van der Waals surface area contributed by atoms with E-state index in [1.165, 1.54) is 102 Å². The first kappa shape index (κ1) is 32.8. The number of nitrogens with zero attached hydrogens (tertiary/aromatic N) is 2. The highest BCUT2D eigenvalue weighted by molar-refractivity contribution is 6.32. The smallest absolute Gasteiger partial charge is 0.204 e. The number of halogens is 2. The Labute approximate surface area is 262 Å². The molecule has 0 radical (unpaired) electrons. The lowest BCUT2D eigenvalue weighted by Gasteiger charge is -2.25. The van der Waals surface area contributed by atoms with Crippen LogP contribution in [0.1, 0.15) is 83.1 Å². The number of hydrogen-bond donors (Lipinski definition) is 1. The quantitative estimate of drug-likeness (QED) is 0.290. The number of carbonyl (C=O) groups excluding carboxylic acids is 1. The van der Waals surface area contributed by atoms with Crippen LogP contribution in [0.2, 0.25) is 10.0 Å². The SMILES string of the molecule is CC1CCN(c2ccc(Cl)c(OC3CCCCC3)c2)C1.Clc1cc(CCCN2CCCC2)ccc1OC1CC1.NC=O. The van der Waals surface area contributed by atoms with Gasteiger partial charge in [0.15, 0.2) is 0 Å². The molecule has 2 aliphatic carbocycles. The number of hydrogen-bond acceptors (Lipinski definition) is 5. The van der Waals surface area contributed by atoms with E-state index in [0.717, 1.165) is 47.0 Å². The molecule has 2 aromatic rings. The van der Waals surface area contributed by atoms with Crippen molar-refractivity contribution in [3.8, 4) is 11.5 Å². The highest BCUT2D eigenvalue weighted by atomic mass is 35.5. The second kappa shape index (κ2) is 17.2. The maximum Gasteiger partial charge on any atom is 0.204 e. The minimum Gasteiger partial charge on any atom is -0.489 e. The van der Waals surface area contributed by atoms with Crippen molar-refractivity contribution in [2.45, 2.75) is 96.2 Å². The summed E-state index contributed by atoms with van der Waals surface area (Å²) in [7, 11) is 0. The summed E-state index contributed by atoms with van der Waals surface area (Å²) in [6.45, 7) is 8.40. The van der Waals surface area contributed by atoms with Gasteiger partial charge in [0.25, 0.3) is 0 Å². The molecule has 232 valence electrons. The lowest BCUT2D eigenvalue weighted by molar-refractivity contribution is -0.106. The molecular weight excluding hydrogens is 569 g/mol. The molecule has 6 rings (SSSR count). The molecule has 1 amide bonds. The molecule has 42 heavy (non-hydrogen) atoms. The Bertz CT molecular complexity index is 1100. The van der Waals surface area contributed by atoms with Gasteiger partial charge in [0.05, 0.1) is 22.3 Å². The van der Waals surface area contributed by atoms with E-state index >= 15 is 0 Å². The average Bonchev–Trinajstić information content (AvgIpc) is 3.44. The number of rotatable bonds is 9. The zero-order chi connectivity index (χ0) is 29.7. The van der Waals surface area contributed by atoms with Gasteiger partial charge in [-0.25, -0.2) is 0 Å².